The number of aliphatic hydroxyl groups is 1. The molecule has 1 unspecified atom stereocenters. The summed E-state index contributed by atoms with van der Waals surface area (Å²) in [5, 5.41) is 9.06. The Bertz CT molecular complexity index is 270. The van der Waals surface area contributed by atoms with E-state index >= 15 is 0 Å². The van der Waals surface area contributed by atoms with E-state index in [0.29, 0.717) is 13.2 Å². The minimum absolute atomic E-state index is 0.0626. The summed E-state index contributed by atoms with van der Waals surface area (Å²) >= 11 is 1.94. The van der Waals surface area contributed by atoms with Crippen LogP contribution in [0.2, 0.25) is 0 Å². The van der Waals surface area contributed by atoms with Crippen molar-refractivity contribution in [1.82, 2.24) is 4.90 Å². The van der Waals surface area contributed by atoms with Crippen molar-refractivity contribution in [2.24, 2.45) is 0 Å². The first-order valence-electron chi connectivity index (χ1n) is 7.00. The summed E-state index contributed by atoms with van der Waals surface area (Å²) < 4.78 is 31.3. The van der Waals surface area contributed by atoms with Crippen molar-refractivity contribution in [2.75, 3.05) is 37.8 Å². The van der Waals surface area contributed by atoms with Crippen molar-refractivity contribution in [1.29, 1.82) is 0 Å². The van der Waals surface area contributed by atoms with Crippen molar-refractivity contribution in [3.8, 4) is 0 Å². The third-order valence-electron chi connectivity index (χ3n) is 4.15. The highest BCUT2D eigenvalue weighted by Gasteiger charge is 2.40. The maximum atomic E-state index is 12.6. The maximum Gasteiger partial charge on any atom is 0.251 e. The molecule has 0 aliphatic carbocycles. The van der Waals surface area contributed by atoms with Crippen molar-refractivity contribution in [3.05, 3.63) is 0 Å². The smallest absolute Gasteiger partial charge is 0.251 e. The molecule has 0 aromatic heterocycles. The van der Waals surface area contributed by atoms with E-state index in [4.69, 9.17) is 9.84 Å². The number of nitrogens with zero attached hydrogens (tertiary/aromatic N) is 1. The van der Waals surface area contributed by atoms with Crippen LogP contribution in [-0.4, -0.2) is 65.9 Å². The van der Waals surface area contributed by atoms with Crippen molar-refractivity contribution in [3.63, 3.8) is 0 Å². The fourth-order valence-corrected chi connectivity index (χ4v) is 4.37. The predicted octanol–water partition coefficient (Wildman–Crippen LogP) is 1.99. The van der Waals surface area contributed by atoms with Gasteiger partial charge in [-0.05, 0) is 37.2 Å². The van der Waals surface area contributed by atoms with Crippen LogP contribution in [0.25, 0.3) is 0 Å². The van der Waals surface area contributed by atoms with Gasteiger partial charge in [-0.1, -0.05) is 0 Å². The standard InChI is InChI=1S/C13H23F2NO2S/c14-12(15)10-16(4-5-17)11-1-6-18-13(9-11)2-7-19-8-3-13/h11-12,17H,1-10H2. The second-order valence-electron chi connectivity index (χ2n) is 5.40. The number of hydrogen-bond donors (Lipinski definition) is 1. The van der Waals surface area contributed by atoms with Crippen LogP contribution in [0.3, 0.4) is 0 Å². The fraction of sp³-hybridized carbons (Fsp3) is 1.00. The third kappa shape index (κ3) is 4.28. The molecule has 0 radical (unpaired) electrons. The molecule has 1 spiro atoms. The zero-order valence-electron chi connectivity index (χ0n) is 11.2. The minimum atomic E-state index is -2.34. The summed E-state index contributed by atoms with van der Waals surface area (Å²) in [4.78, 5) is 1.75. The number of rotatable bonds is 5. The monoisotopic (exact) mass is 295 g/mol. The number of ether oxygens (including phenoxy) is 1. The van der Waals surface area contributed by atoms with Crippen LogP contribution in [0.1, 0.15) is 25.7 Å². The van der Waals surface area contributed by atoms with Gasteiger partial charge in [0.2, 0.25) is 0 Å². The van der Waals surface area contributed by atoms with Crippen LogP contribution in [0.4, 0.5) is 8.78 Å². The Hall–Kier alpha value is 0.0900. The van der Waals surface area contributed by atoms with Crippen LogP contribution in [0.15, 0.2) is 0 Å². The molecule has 2 heterocycles. The first kappa shape index (κ1) is 15.5. The molecule has 2 saturated heterocycles. The third-order valence-corrected chi connectivity index (χ3v) is 5.13. The predicted molar refractivity (Wildman–Crippen MR) is 72.9 cm³/mol. The molecule has 19 heavy (non-hydrogen) atoms. The number of halogens is 2. The molecule has 0 bridgehead atoms. The van der Waals surface area contributed by atoms with E-state index in [1.165, 1.54) is 0 Å². The van der Waals surface area contributed by atoms with Crippen LogP contribution < -0.4 is 0 Å². The van der Waals surface area contributed by atoms with E-state index in [1.54, 1.807) is 4.90 Å². The molecule has 1 N–H and O–H groups in total. The van der Waals surface area contributed by atoms with E-state index in [9.17, 15) is 8.78 Å². The van der Waals surface area contributed by atoms with Gasteiger partial charge in [0.1, 0.15) is 0 Å². The van der Waals surface area contributed by atoms with Crippen molar-refractivity contribution >= 4 is 11.8 Å². The maximum absolute atomic E-state index is 12.6. The zero-order chi connectivity index (χ0) is 13.7. The minimum Gasteiger partial charge on any atom is -0.395 e. The first-order chi connectivity index (χ1) is 9.15. The van der Waals surface area contributed by atoms with Gasteiger partial charge in [0, 0.05) is 19.2 Å². The highest BCUT2D eigenvalue weighted by atomic mass is 32.2. The molecule has 3 nitrogen and oxygen atoms in total. The molecular weight excluding hydrogens is 272 g/mol. The second-order valence-corrected chi connectivity index (χ2v) is 6.62. The molecule has 0 saturated carbocycles. The number of thioether (sulfide) groups is 1. The van der Waals surface area contributed by atoms with Gasteiger partial charge >= 0.3 is 0 Å². The Morgan fingerprint density at radius 1 is 1.37 bits per heavy atom. The zero-order valence-corrected chi connectivity index (χ0v) is 12.0. The SMILES string of the molecule is OCCN(CC(F)F)C1CCOC2(CCSCC2)C1. The average Bonchev–Trinajstić information content (AvgIpc) is 2.39. The molecule has 2 aliphatic rings. The molecule has 0 aromatic carbocycles. The number of hydrogen-bond acceptors (Lipinski definition) is 4. The van der Waals surface area contributed by atoms with E-state index < -0.39 is 6.43 Å². The lowest BCUT2D eigenvalue weighted by Gasteiger charge is -2.46. The van der Waals surface area contributed by atoms with Gasteiger partial charge in [-0.25, -0.2) is 8.78 Å². The van der Waals surface area contributed by atoms with Gasteiger partial charge in [0.25, 0.3) is 6.43 Å². The van der Waals surface area contributed by atoms with E-state index in [0.717, 1.165) is 37.2 Å². The Morgan fingerprint density at radius 2 is 2.11 bits per heavy atom. The summed E-state index contributed by atoms with van der Waals surface area (Å²) in [6, 6.07) is 0.123. The van der Waals surface area contributed by atoms with Crippen LogP contribution >= 0.6 is 11.8 Å². The average molecular weight is 295 g/mol. The summed E-state index contributed by atoms with van der Waals surface area (Å²) in [5.41, 5.74) is -0.0933. The summed E-state index contributed by atoms with van der Waals surface area (Å²) in [7, 11) is 0. The number of aliphatic hydroxyl groups excluding tert-OH is 1. The second kappa shape index (κ2) is 7.20. The van der Waals surface area contributed by atoms with Crippen molar-refractivity contribution in [2.45, 2.75) is 43.8 Å². The molecular formula is C13H23F2NO2S. The highest BCUT2D eigenvalue weighted by Crippen LogP contribution is 2.38. The Morgan fingerprint density at radius 3 is 2.74 bits per heavy atom. The van der Waals surface area contributed by atoms with Crippen molar-refractivity contribution < 1.29 is 18.6 Å². The summed E-state index contributed by atoms with van der Waals surface area (Å²) in [5.74, 6) is 2.20. The largest absolute Gasteiger partial charge is 0.395 e. The lowest BCUT2D eigenvalue weighted by atomic mass is 9.85. The molecule has 1 atom stereocenters. The molecule has 2 rings (SSSR count). The first-order valence-corrected chi connectivity index (χ1v) is 8.15. The molecule has 0 aromatic rings. The van der Waals surface area contributed by atoms with Crippen LogP contribution in [0.5, 0.6) is 0 Å². The summed E-state index contributed by atoms with van der Waals surface area (Å²) in [6.07, 6.45) is 1.33. The van der Waals surface area contributed by atoms with E-state index in [-0.39, 0.29) is 24.8 Å². The van der Waals surface area contributed by atoms with Gasteiger partial charge < -0.3 is 9.84 Å². The summed E-state index contributed by atoms with van der Waals surface area (Å²) in [6.45, 7) is 0.684. The van der Waals surface area contributed by atoms with Gasteiger partial charge in [-0.15, -0.1) is 0 Å². The van der Waals surface area contributed by atoms with Gasteiger partial charge in [-0.2, -0.15) is 11.8 Å². The molecule has 2 fully saturated rings. The molecule has 112 valence electrons. The normalized spacial score (nSPS) is 27.3. The molecule has 0 amide bonds. The Labute approximate surface area is 117 Å². The topological polar surface area (TPSA) is 32.7 Å². The lowest BCUT2D eigenvalue weighted by Crippen LogP contribution is -2.51. The lowest BCUT2D eigenvalue weighted by molar-refractivity contribution is -0.115. The van der Waals surface area contributed by atoms with Gasteiger partial charge in [0.05, 0.1) is 18.8 Å². The van der Waals surface area contributed by atoms with Gasteiger partial charge in [-0.3, -0.25) is 4.90 Å². The van der Waals surface area contributed by atoms with E-state index in [1.807, 2.05) is 11.8 Å². The van der Waals surface area contributed by atoms with Gasteiger partial charge in [0.15, 0.2) is 0 Å². The molecule has 2 aliphatic heterocycles. The quantitative estimate of drug-likeness (QED) is 0.841. The highest BCUT2D eigenvalue weighted by molar-refractivity contribution is 7.99. The fourth-order valence-electron chi connectivity index (χ4n) is 3.13. The van der Waals surface area contributed by atoms with Crippen LogP contribution in [-0.2, 0) is 4.74 Å². The Kier molecular flexibility index (Phi) is 5.87. The molecule has 6 heteroatoms. The van der Waals surface area contributed by atoms with Crippen LogP contribution in [0, 0.1) is 0 Å². The Balaban J connectivity index is 1.97. The van der Waals surface area contributed by atoms with E-state index in [2.05, 4.69) is 0 Å². The number of alkyl halides is 2.